The molecule has 1 amide bonds. The van der Waals surface area contributed by atoms with Crippen molar-refractivity contribution >= 4 is 35.1 Å². The average molecular weight is 313 g/mol. The highest BCUT2D eigenvalue weighted by Crippen LogP contribution is 2.18. The first-order chi connectivity index (χ1) is 10.0. The number of halogens is 1. The number of rotatable bonds is 4. The molecule has 1 atom stereocenters. The first-order valence-electron chi connectivity index (χ1n) is 6.43. The summed E-state index contributed by atoms with van der Waals surface area (Å²) in [5.41, 5.74) is 16.4. The van der Waals surface area contributed by atoms with E-state index in [1.807, 2.05) is 0 Å². The van der Waals surface area contributed by atoms with Crippen molar-refractivity contribution in [1.29, 1.82) is 0 Å². The fourth-order valence-corrected chi connectivity index (χ4v) is 2.01. The van der Waals surface area contributed by atoms with Gasteiger partial charge >= 0.3 is 5.91 Å². The summed E-state index contributed by atoms with van der Waals surface area (Å²) in [6, 6.07) is 0.193. The fourth-order valence-electron chi connectivity index (χ4n) is 1.88. The Morgan fingerprint density at radius 2 is 2.14 bits per heavy atom. The Kier molecular flexibility index (Phi) is 4.76. The number of amides is 1. The molecule has 0 aliphatic carbocycles. The predicted molar refractivity (Wildman–Crippen MR) is 80.8 cm³/mol. The molecule has 0 aromatic carbocycles. The number of nitrogens with one attached hydrogen (secondary N) is 2. The van der Waals surface area contributed by atoms with E-state index in [1.54, 1.807) is 0 Å². The van der Waals surface area contributed by atoms with Crippen molar-refractivity contribution < 1.29 is 4.79 Å². The van der Waals surface area contributed by atoms with Crippen LogP contribution in [0.1, 0.15) is 23.3 Å². The molecule has 21 heavy (non-hydrogen) atoms. The highest BCUT2D eigenvalue weighted by Gasteiger charge is 2.21. The van der Waals surface area contributed by atoms with Crippen LogP contribution in [0, 0.1) is 0 Å². The van der Waals surface area contributed by atoms with Crippen molar-refractivity contribution in [1.82, 2.24) is 20.6 Å². The highest BCUT2D eigenvalue weighted by molar-refractivity contribution is 6.31. The summed E-state index contributed by atoms with van der Waals surface area (Å²) in [6.07, 6.45) is 1.79. The van der Waals surface area contributed by atoms with Crippen molar-refractivity contribution in [2.45, 2.75) is 18.9 Å². The van der Waals surface area contributed by atoms with Gasteiger partial charge in [-0.2, -0.15) is 4.99 Å². The predicted octanol–water partition coefficient (Wildman–Crippen LogP) is -0.909. The number of nitrogens with zero attached hydrogens (tertiary/aromatic N) is 3. The van der Waals surface area contributed by atoms with Crippen LogP contribution in [0.3, 0.4) is 0 Å². The summed E-state index contributed by atoms with van der Waals surface area (Å²) in [5.74, 6) is -0.409. The second-order valence-electron chi connectivity index (χ2n) is 4.55. The number of aromatic nitrogens is 2. The second-order valence-corrected chi connectivity index (χ2v) is 4.91. The molecule has 0 bridgehead atoms. The summed E-state index contributed by atoms with van der Waals surface area (Å²) in [4.78, 5) is 23.5. The van der Waals surface area contributed by atoms with Crippen molar-refractivity contribution in [3.63, 3.8) is 0 Å². The fraction of sp³-hybridized carbons (Fsp3) is 0.455. The molecule has 1 aromatic rings. The molecule has 2 rings (SSSR count). The molecule has 0 radical (unpaired) electrons. The lowest BCUT2D eigenvalue weighted by Crippen LogP contribution is -2.29. The summed E-state index contributed by atoms with van der Waals surface area (Å²) in [7, 11) is 0. The monoisotopic (exact) mass is 312 g/mol. The number of hydrogen-bond acceptors (Lipinski definition) is 6. The Morgan fingerprint density at radius 1 is 1.38 bits per heavy atom. The van der Waals surface area contributed by atoms with Crippen LogP contribution >= 0.6 is 11.6 Å². The standard InChI is InChI=1S/C11H17ClN8O/c12-7-9(15)19-8(14)6(18-7)10(21)20-11-16-4-5(17-11)2-1-3-13/h5H,1-4,13H2,(H4,14,15,19)(H2,16,17,20,21)/t5-/m0/s1. The number of nitrogen functional groups attached to an aromatic ring is 2. The van der Waals surface area contributed by atoms with Crippen LogP contribution in [-0.4, -0.2) is 41.0 Å². The van der Waals surface area contributed by atoms with E-state index in [2.05, 4.69) is 25.6 Å². The lowest BCUT2D eigenvalue weighted by molar-refractivity contribution is 0.0998. The van der Waals surface area contributed by atoms with Gasteiger partial charge in [0, 0.05) is 12.6 Å². The molecule has 2 heterocycles. The maximum Gasteiger partial charge on any atom is 0.302 e. The number of carbonyl (C=O) groups excluding carboxylic acids is 1. The maximum atomic E-state index is 12.0. The number of hydrogen-bond donors (Lipinski definition) is 5. The van der Waals surface area contributed by atoms with E-state index in [4.69, 9.17) is 28.8 Å². The van der Waals surface area contributed by atoms with E-state index in [9.17, 15) is 4.79 Å². The largest absolute Gasteiger partial charge is 0.382 e. The first-order valence-corrected chi connectivity index (χ1v) is 6.81. The number of aliphatic imine (C=N–C) groups is 1. The van der Waals surface area contributed by atoms with Crippen molar-refractivity contribution in [2.75, 3.05) is 24.6 Å². The van der Waals surface area contributed by atoms with E-state index < -0.39 is 5.91 Å². The van der Waals surface area contributed by atoms with Crippen LogP contribution < -0.4 is 27.8 Å². The van der Waals surface area contributed by atoms with Gasteiger partial charge in [-0.05, 0) is 19.4 Å². The summed E-state index contributed by atoms with van der Waals surface area (Å²) < 4.78 is 0. The van der Waals surface area contributed by atoms with Crippen LogP contribution in [0.25, 0.3) is 0 Å². The molecule has 1 aliphatic rings. The zero-order chi connectivity index (χ0) is 15.4. The third-order valence-corrected chi connectivity index (χ3v) is 3.21. The second kappa shape index (κ2) is 6.55. The van der Waals surface area contributed by atoms with Gasteiger partial charge in [0.15, 0.2) is 28.4 Å². The van der Waals surface area contributed by atoms with Gasteiger partial charge in [0.1, 0.15) is 0 Å². The molecule has 1 aliphatic heterocycles. The number of carbonyl (C=O) groups is 1. The first kappa shape index (κ1) is 15.3. The quantitative estimate of drug-likeness (QED) is 0.478. The van der Waals surface area contributed by atoms with Crippen LogP contribution in [0.15, 0.2) is 4.99 Å². The highest BCUT2D eigenvalue weighted by atomic mass is 35.5. The summed E-state index contributed by atoms with van der Waals surface area (Å²) in [5, 5.41) is 6.00. The Bertz CT molecular complexity index is 576. The minimum Gasteiger partial charge on any atom is -0.382 e. The van der Waals surface area contributed by atoms with E-state index in [0.29, 0.717) is 19.0 Å². The Labute approximate surface area is 126 Å². The summed E-state index contributed by atoms with van der Waals surface area (Å²) >= 11 is 5.73. The maximum absolute atomic E-state index is 12.0. The molecule has 114 valence electrons. The van der Waals surface area contributed by atoms with E-state index in [1.165, 1.54) is 0 Å². The van der Waals surface area contributed by atoms with Gasteiger partial charge in [-0.15, -0.1) is 0 Å². The minimum atomic E-state index is -0.642. The van der Waals surface area contributed by atoms with Gasteiger partial charge in [0.05, 0.1) is 0 Å². The van der Waals surface area contributed by atoms with Gasteiger partial charge in [-0.3, -0.25) is 4.79 Å². The van der Waals surface area contributed by atoms with Crippen molar-refractivity contribution in [3.8, 4) is 0 Å². The zero-order valence-electron chi connectivity index (χ0n) is 11.3. The molecule has 0 unspecified atom stereocenters. The molecule has 9 nitrogen and oxygen atoms in total. The molecular weight excluding hydrogens is 296 g/mol. The molecule has 8 N–H and O–H groups in total. The SMILES string of the molecule is NCCC[C@H]1CN/C(=N\C(=O)c2nc(Cl)c(N)nc2N)N1. The smallest absolute Gasteiger partial charge is 0.302 e. The van der Waals surface area contributed by atoms with Crippen LogP contribution in [0.2, 0.25) is 5.15 Å². The van der Waals surface area contributed by atoms with Gasteiger partial charge < -0.3 is 27.8 Å². The Hall–Kier alpha value is -2.13. The summed E-state index contributed by atoms with van der Waals surface area (Å²) in [6.45, 7) is 1.30. The molecule has 1 fully saturated rings. The molecule has 1 saturated heterocycles. The van der Waals surface area contributed by atoms with Crippen molar-refractivity contribution in [3.05, 3.63) is 10.8 Å². The van der Waals surface area contributed by atoms with Crippen molar-refractivity contribution in [2.24, 2.45) is 10.7 Å². The van der Waals surface area contributed by atoms with Gasteiger partial charge in [0.2, 0.25) is 0 Å². The number of anilines is 2. The van der Waals surface area contributed by atoms with E-state index >= 15 is 0 Å². The average Bonchev–Trinajstić information content (AvgIpc) is 2.88. The van der Waals surface area contributed by atoms with Crippen LogP contribution in [0.4, 0.5) is 11.6 Å². The molecular formula is C11H17ClN8O. The molecule has 0 spiro atoms. The number of nitrogens with two attached hydrogens (primary N) is 3. The lowest BCUT2D eigenvalue weighted by atomic mass is 10.2. The third-order valence-electron chi connectivity index (χ3n) is 2.93. The normalized spacial score (nSPS) is 19.3. The topological polar surface area (TPSA) is 157 Å². The van der Waals surface area contributed by atoms with Gasteiger partial charge in [-0.25, -0.2) is 9.97 Å². The Balaban J connectivity index is 2.08. The van der Waals surface area contributed by atoms with E-state index in [0.717, 1.165) is 12.8 Å². The van der Waals surface area contributed by atoms with Crippen LogP contribution in [0.5, 0.6) is 0 Å². The Morgan fingerprint density at radius 3 is 2.86 bits per heavy atom. The minimum absolute atomic E-state index is 0.0302. The third kappa shape index (κ3) is 3.70. The van der Waals surface area contributed by atoms with Gasteiger partial charge in [-0.1, -0.05) is 11.6 Å². The zero-order valence-corrected chi connectivity index (χ0v) is 12.0. The van der Waals surface area contributed by atoms with Gasteiger partial charge in [0.25, 0.3) is 0 Å². The van der Waals surface area contributed by atoms with E-state index in [-0.39, 0.29) is 28.5 Å². The number of guanidine groups is 1. The molecule has 1 aromatic heterocycles. The molecule has 10 heteroatoms. The lowest BCUT2D eigenvalue weighted by Gasteiger charge is -2.07. The van der Waals surface area contributed by atoms with Crippen LogP contribution in [-0.2, 0) is 0 Å². The molecule has 0 saturated carbocycles.